The lowest BCUT2D eigenvalue weighted by Gasteiger charge is -2.37. The Bertz CT molecular complexity index is 809. The Kier molecular flexibility index (Phi) is 4.03. The van der Waals surface area contributed by atoms with Crippen molar-refractivity contribution in [1.29, 1.82) is 0 Å². The lowest BCUT2D eigenvalue weighted by atomic mass is 9.88. The molecule has 0 bridgehead atoms. The van der Waals surface area contributed by atoms with E-state index in [0.29, 0.717) is 0 Å². The van der Waals surface area contributed by atoms with Gasteiger partial charge in [0.1, 0.15) is 11.4 Å². The maximum absolute atomic E-state index is 12.9. The molecule has 2 aliphatic rings. The normalized spacial score (nSPS) is 20.8. The van der Waals surface area contributed by atoms with Crippen LogP contribution in [0.1, 0.15) is 66.2 Å². The Hall–Kier alpha value is -2.29. The van der Waals surface area contributed by atoms with Gasteiger partial charge in [0.25, 0.3) is 5.91 Å². The fourth-order valence-electron chi connectivity index (χ4n) is 4.05. The zero-order valence-corrected chi connectivity index (χ0v) is 15.0. The second kappa shape index (κ2) is 6.21. The fraction of sp³-hybridized carbons (Fsp3) is 0.409. The number of fused-ring (bicyclic) bond motifs is 2. The minimum atomic E-state index is -0.290. The molecular formula is C22H25NO2. The van der Waals surface area contributed by atoms with Crippen LogP contribution in [0.3, 0.4) is 0 Å². The highest BCUT2D eigenvalue weighted by Gasteiger charge is 2.34. The molecule has 1 aliphatic heterocycles. The van der Waals surface area contributed by atoms with E-state index in [4.69, 9.17) is 4.74 Å². The first kappa shape index (κ1) is 16.2. The molecule has 1 aliphatic carbocycles. The van der Waals surface area contributed by atoms with Gasteiger partial charge in [-0.2, -0.15) is 0 Å². The molecule has 1 N–H and O–H groups in total. The van der Waals surface area contributed by atoms with Crippen LogP contribution in [0.2, 0.25) is 0 Å². The molecule has 3 nitrogen and oxygen atoms in total. The maximum atomic E-state index is 12.9. The first-order chi connectivity index (χ1) is 12.0. The van der Waals surface area contributed by atoms with Crippen LogP contribution < -0.4 is 10.1 Å². The van der Waals surface area contributed by atoms with E-state index in [9.17, 15) is 4.79 Å². The second-order valence-electron chi connectivity index (χ2n) is 7.82. The summed E-state index contributed by atoms with van der Waals surface area (Å²) in [6.07, 6.45) is 5.47. The van der Waals surface area contributed by atoms with Gasteiger partial charge in [-0.05, 0) is 68.9 Å². The zero-order valence-electron chi connectivity index (χ0n) is 15.0. The average Bonchev–Trinajstić information content (AvgIpc) is 2.60. The lowest BCUT2D eigenvalue weighted by Crippen LogP contribution is -2.41. The summed E-state index contributed by atoms with van der Waals surface area (Å²) in [4.78, 5) is 12.9. The Labute approximate surface area is 149 Å². The fourth-order valence-corrected chi connectivity index (χ4v) is 4.05. The van der Waals surface area contributed by atoms with Gasteiger partial charge in [0.15, 0.2) is 0 Å². The number of hydrogen-bond donors (Lipinski definition) is 1. The average molecular weight is 335 g/mol. The van der Waals surface area contributed by atoms with Gasteiger partial charge in [-0.15, -0.1) is 0 Å². The van der Waals surface area contributed by atoms with Gasteiger partial charge in [-0.3, -0.25) is 4.79 Å². The molecule has 2 aromatic carbocycles. The summed E-state index contributed by atoms with van der Waals surface area (Å²) in [6.45, 7) is 4.14. The van der Waals surface area contributed by atoms with Gasteiger partial charge < -0.3 is 10.1 Å². The summed E-state index contributed by atoms with van der Waals surface area (Å²) in [7, 11) is 0. The summed E-state index contributed by atoms with van der Waals surface area (Å²) < 4.78 is 6.06. The van der Waals surface area contributed by atoms with E-state index in [1.807, 2.05) is 30.3 Å². The molecule has 3 heteroatoms. The van der Waals surface area contributed by atoms with Gasteiger partial charge in [0.05, 0.1) is 6.04 Å². The molecule has 1 heterocycles. The van der Waals surface area contributed by atoms with Crippen LogP contribution in [-0.2, 0) is 12.8 Å². The molecule has 0 aromatic heterocycles. The molecule has 130 valence electrons. The smallest absolute Gasteiger partial charge is 0.251 e. The third-order valence-corrected chi connectivity index (χ3v) is 5.29. The van der Waals surface area contributed by atoms with Crippen molar-refractivity contribution in [2.24, 2.45) is 0 Å². The van der Waals surface area contributed by atoms with Gasteiger partial charge >= 0.3 is 0 Å². The summed E-state index contributed by atoms with van der Waals surface area (Å²) in [6, 6.07) is 14.2. The molecule has 1 amide bonds. The van der Waals surface area contributed by atoms with Crippen molar-refractivity contribution in [2.75, 3.05) is 0 Å². The number of nitrogens with one attached hydrogen (secondary N) is 1. The van der Waals surface area contributed by atoms with Crippen LogP contribution >= 0.6 is 0 Å². The van der Waals surface area contributed by atoms with Crippen LogP contribution in [0.25, 0.3) is 0 Å². The van der Waals surface area contributed by atoms with Crippen molar-refractivity contribution in [2.45, 2.75) is 57.6 Å². The number of amides is 1. The number of ether oxygens (including phenoxy) is 1. The third kappa shape index (κ3) is 3.28. The molecule has 2 aromatic rings. The Balaban J connectivity index is 1.58. The van der Waals surface area contributed by atoms with E-state index in [1.54, 1.807) is 0 Å². The third-order valence-electron chi connectivity index (χ3n) is 5.29. The number of carbonyl (C=O) groups excluding carboxylic acids is 1. The summed E-state index contributed by atoms with van der Waals surface area (Å²) >= 11 is 0. The quantitative estimate of drug-likeness (QED) is 0.871. The number of carbonyl (C=O) groups is 1. The summed E-state index contributed by atoms with van der Waals surface area (Å²) in [5.41, 5.74) is 4.28. The topological polar surface area (TPSA) is 38.3 Å². The van der Waals surface area contributed by atoms with E-state index >= 15 is 0 Å². The predicted molar refractivity (Wildman–Crippen MR) is 99.1 cm³/mol. The van der Waals surface area contributed by atoms with Crippen molar-refractivity contribution in [3.8, 4) is 5.75 Å². The van der Waals surface area contributed by atoms with Crippen molar-refractivity contribution in [3.63, 3.8) is 0 Å². The largest absolute Gasteiger partial charge is 0.487 e. The predicted octanol–water partition coefficient (Wildman–Crippen LogP) is 4.60. The minimum absolute atomic E-state index is 0.00544. The first-order valence-electron chi connectivity index (χ1n) is 9.22. The highest BCUT2D eigenvalue weighted by Crippen LogP contribution is 2.39. The van der Waals surface area contributed by atoms with Gasteiger partial charge in [0.2, 0.25) is 0 Å². The molecule has 0 radical (unpaired) electrons. The van der Waals surface area contributed by atoms with Gasteiger partial charge in [-0.25, -0.2) is 0 Å². The SMILES string of the molecule is CC1(C)C[C@H](NC(=O)c2ccc3c(c2)CCCC3)c2ccccc2O1. The van der Waals surface area contributed by atoms with Crippen molar-refractivity contribution in [1.82, 2.24) is 5.32 Å². The standard InChI is InChI=1S/C22H25NO2/c1-22(2)14-19(18-9-5-6-10-20(18)25-22)23-21(24)17-12-11-15-7-3-4-8-16(15)13-17/h5-6,9-13,19H,3-4,7-8,14H2,1-2H3,(H,23,24)/t19-/m0/s1. The summed E-state index contributed by atoms with van der Waals surface area (Å²) in [5.74, 6) is 0.875. The number of rotatable bonds is 2. The second-order valence-corrected chi connectivity index (χ2v) is 7.82. The highest BCUT2D eigenvalue weighted by atomic mass is 16.5. The molecule has 0 saturated heterocycles. The van der Waals surface area contributed by atoms with E-state index in [-0.39, 0.29) is 17.6 Å². The maximum Gasteiger partial charge on any atom is 0.251 e. The van der Waals surface area contributed by atoms with E-state index in [1.165, 1.54) is 24.0 Å². The monoisotopic (exact) mass is 335 g/mol. The van der Waals surface area contributed by atoms with Crippen LogP contribution in [-0.4, -0.2) is 11.5 Å². The Morgan fingerprint density at radius 1 is 1.08 bits per heavy atom. The van der Waals surface area contributed by atoms with Crippen LogP contribution in [0, 0.1) is 0 Å². The molecule has 25 heavy (non-hydrogen) atoms. The molecule has 0 spiro atoms. The molecule has 1 atom stereocenters. The highest BCUT2D eigenvalue weighted by molar-refractivity contribution is 5.94. The Morgan fingerprint density at radius 3 is 2.68 bits per heavy atom. The van der Waals surface area contributed by atoms with Crippen molar-refractivity contribution >= 4 is 5.91 Å². The number of hydrogen-bond acceptors (Lipinski definition) is 2. The van der Waals surface area contributed by atoms with Gasteiger partial charge in [0, 0.05) is 17.5 Å². The summed E-state index contributed by atoms with van der Waals surface area (Å²) in [5, 5.41) is 3.23. The molecular weight excluding hydrogens is 310 g/mol. The van der Waals surface area contributed by atoms with E-state index in [0.717, 1.165) is 36.1 Å². The van der Waals surface area contributed by atoms with E-state index < -0.39 is 0 Å². The van der Waals surface area contributed by atoms with Crippen molar-refractivity contribution in [3.05, 3.63) is 64.7 Å². The van der Waals surface area contributed by atoms with Crippen LogP contribution in [0.5, 0.6) is 5.75 Å². The number of aryl methyl sites for hydroxylation is 2. The number of benzene rings is 2. The Morgan fingerprint density at radius 2 is 1.84 bits per heavy atom. The van der Waals surface area contributed by atoms with Crippen molar-refractivity contribution < 1.29 is 9.53 Å². The zero-order chi connectivity index (χ0) is 17.4. The van der Waals surface area contributed by atoms with Gasteiger partial charge in [-0.1, -0.05) is 24.3 Å². The van der Waals surface area contributed by atoms with Crippen LogP contribution in [0.15, 0.2) is 42.5 Å². The first-order valence-corrected chi connectivity index (χ1v) is 9.22. The minimum Gasteiger partial charge on any atom is -0.487 e. The molecule has 0 unspecified atom stereocenters. The molecule has 4 rings (SSSR count). The van der Waals surface area contributed by atoms with E-state index in [2.05, 4.69) is 31.3 Å². The molecule has 0 fully saturated rings. The van der Waals surface area contributed by atoms with Crippen LogP contribution in [0.4, 0.5) is 0 Å². The number of para-hydroxylation sites is 1. The lowest BCUT2D eigenvalue weighted by molar-refractivity contribution is 0.0619. The molecule has 0 saturated carbocycles.